The molecule has 0 radical (unpaired) electrons. The van der Waals surface area contributed by atoms with E-state index >= 15 is 0 Å². The van der Waals surface area contributed by atoms with E-state index in [9.17, 15) is 9.59 Å². The highest BCUT2D eigenvalue weighted by atomic mass is 16.5. The van der Waals surface area contributed by atoms with Crippen LogP contribution in [-0.4, -0.2) is 71.0 Å². The molecule has 0 saturated carbocycles. The molecule has 3 amide bonds. The largest absolute Gasteiger partial charge is 0.383 e. The minimum atomic E-state index is -0.213. The number of carbonyl (C=O) groups is 2. The second-order valence-corrected chi connectivity index (χ2v) is 6.32. The number of rotatable bonds is 6. The van der Waals surface area contributed by atoms with Gasteiger partial charge in [0.15, 0.2) is 0 Å². The molecular weight excluding hydrogens is 310 g/mol. The van der Waals surface area contributed by atoms with E-state index in [4.69, 9.17) is 4.74 Å². The highest BCUT2D eigenvalue weighted by Gasteiger charge is 2.31. The average Bonchev–Trinajstić information content (AvgIpc) is 3.00. The maximum atomic E-state index is 12.4. The summed E-state index contributed by atoms with van der Waals surface area (Å²) in [6, 6.07) is -0.253. The van der Waals surface area contributed by atoms with Crippen LogP contribution in [0.25, 0.3) is 0 Å². The molecule has 1 aromatic rings. The molecule has 2 rings (SSSR count). The number of aryl methyl sites for hydroxylation is 2. The fourth-order valence-electron chi connectivity index (χ4n) is 2.90. The van der Waals surface area contributed by atoms with Crippen molar-refractivity contribution in [2.24, 2.45) is 7.05 Å². The van der Waals surface area contributed by atoms with E-state index < -0.39 is 0 Å². The van der Waals surface area contributed by atoms with Gasteiger partial charge in [0.05, 0.1) is 19.0 Å². The van der Waals surface area contributed by atoms with Gasteiger partial charge in [-0.25, -0.2) is 4.79 Å². The Bertz CT molecular complexity index is 613. The number of amides is 3. The van der Waals surface area contributed by atoms with E-state index in [0.717, 1.165) is 17.0 Å². The molecule has 1 aliphatic rings. The first-order chi connectivity index (χ1) is 11.3. The molecule has 8 nitrogen and oxygen atoms in total. The first-order valence-electron chi connectivity index (χ1n) is 8.14. The van der Waals surface area contributed by atoms with Crippen LogP contribution in [0.1, 0.15) is 23.9 Å². The van der Waals surface area contributed by atoms with Gasteiger partial charge in [-0.15, -0.1) is 0 Å². The number of ether oxygens (including phenoxy) is 1. The van der Waals surface area contributed by atoms with Gasteiger partial charge in [0, 0.05) is 32.4 Å². The van der Waals surface area contributed by atoms with Crippen LogP contribution in [0.4, 0.5) is 4.79 Å². The fourth-order valence-corrected chi connectivity index (χ4v) is 2.90. The first-order valence-corrected chi connectivity index (χ1v) is 8.14. The van der Waals surface area contributed by atoms with Crippen molar-refractivity contribution >= 4 is 11.9 Å². The van der Waals surface area contributed by atoms with E-state index in [1.165, 1.54) is 4.90 Å². The lowest BCUT2D eigenvalue weighted by atomic mass is 10.1. The minimum absolute atomic E-state index is 0.0396. The Hall–Kier alpha value is -2.09. The smallest absolute Gasteiger partial charge is 0.319 e. The number of aromatic nitrogens is 2. The van der Waals surface area contributed by atoms with Gasteiger partial charge < -0.3 is 15.0 Å². The molecule has 0 aromatic carbocycles. The number of carbonyl (C=O) groups excluding carboxylic acids is 2. The molecular formula is C16H27N5O3. The Morgan fingerprint density at radius 1 is 1.42 bits per heavy atom. The lowest BCUT2D eigenvalue weighted by Crippen LogP contribution is -2.44. The summed E-state index contributed by atoms with van der Waals surface area (Å²) in [7, 11) is 3.51. The molecule has 1 aromatic heterocycles. The second kappa shape index (κ2) is 7.65. The summed E-state index contributed by atoms with van der Waals surface area (Å²) in [6.07, 6.45) is 0.715. The van der Waals surface area contributed by atoms with Crippen LogP contribution in [0.5, 0.6) is 0 Å². The topological polar surface area (TPSA) is 79.7 Å². The van der Waals surface area contributed by atoms with Crippen LogP contribution >= 0.6 is 0 Å². The van der Waals surface area contributed by atoms with Crippen molar-refractivity contribution in [3.63, 3.8) is 0 Å². The summed E-state index contributed by atoms with van der Waals surface area (Å²) in [5, 5.41) is 7.37. The third-order valence-electron chi connectivity index (χ3n) is 4.41. The molecule has 1 N–H and O–H groups in total. The van der Waals surface area contributed by atoms with E-state index in [-0.39, 0.29) is 24.5 Å². The summed E-state index contributed by atoms with van der Waals surface area (Å²) in [5.74, 6) is -0.0474. The summed E-state index contributed by atoms with van der Waals surface area (Å²) < 4.78 is 6.84. The zero-order chi connectivity index (χ0) is 17.9. The summed E-state index contributed by atoms with van der Waals surface area (Å²) >= 11 is 0. The molecule has 1 saturated heterocycles. The van der Waals surface area contributed by atoms with Crippen molar-refractivity contribution in [2.75, 3.05) is 33.5 Å². The molecule has 1 fully saturated rings. The molecule has 0 aliphatic carbocycles. The van der Waals surface area contributed by atoms with Crippen LogP contribution in [-0.2, 0) is 23.0 Å². The molecule has 24 heavy (non-hydrogen) atoms. The molecule has 0 bridgehead atoms. The van der Waals surface area contributed by atoms with Crippen molar-refractivity contribution in [1.29, 1.82) is 0 Å². The molecule has 1 aliphatic heterocycles. The number of urea groups is 1. The van der Waals surface area contributed by atoms with Crippen LogP contribution in [0.3, 0.4) is 0 Å². The molecule has 0 spiro atoms. The van der Waals surface area contributed by atoms with Gasteiger partial charge in [0.25, 0.3) is 0 Å². The quantitative estimate of drug-likeness (QED) is 0.816. The Kier molecular flexibility index (Phi) is 5.82. The summed E-state index contributed by atoms with van der Waals surface area (Å²) in [5.41, 5.74) is 3.25. The number of nitrogens with one attached hydrogen (secondary N) is 1. The predicted molar refractivity (Wildman–Crippen MR) is 89.5 cm³/mol. The van der Waals surface area contributed by atoms with Gasteiger partial charge in [-0.05, 0) is 32.8 Å². The van der Waals surface area contributed by atoms with Gasteiger partial charge >= 0.3 is 6.03 Å². The predicted octanol–water partition coefficient (Wildman–Crippen LogP) is 0.426. The van der Waals surface area contributed by atoms with Gasteiger partial charge in [0.1, 0.15) is 6.54 Å². The monoisotopic (exact) mass is 337 g/mol. The first kappa shape index (κ1) is 18.3. The van der Waals surface area contributed by atoms with Crippen molar-refractivity contribution in [3.05, 3.63) is 17.0 Å². The highest BCUT2D eigenvalue weighted by molar-refractivity contribution is 5.87. The molecule has 134 valence electrons. The normalized spacial score (nSPS) is 16.0. The zero-order valence-electron chi connectivity index (χ0n) is 15.1. The van der Waals surface area contributed by atoms with Gasteiger partial charge in [-0.1, -0.05) is 0 Å². The number of methoxy groups -OCH3 is 1. The van der Waals surface area contributed by atoms with E-state index in [2.05, 4.69) is 10.4 Å². The van der Waals surface area contributed by atoms with Crippen molar-refractivity contribution in [2.45, 2.75) is 33.2 Å². The molecule has 8 heteroatoms. The van der Waals surface area contributed by atoms with Crippen LogP contribution in [0.15, 0.2) is 0 Å². The fraction of sp³-hybridized carbons (Fsp3) is 0.688. The summed E-state index contributed by atoms with van der Waals surface area (Å²) in [6.45, 7) is 7.36. The maximum Gasteiger partial charge on any atom is 0.319 e. The Balaban J connectivity index is 1.89. The zero-order valence-corrected chi connectivity index (χ0v) is 15.1. The number of nitrogens with zero attached hydrogens (tertiary/aromatic N) is 4. The number of hydrogen-bond acceptors (Lipinski definition) is 4. The van der Waals surface area contributed by atoms with Crippen LogP contribution in [0, 0.1) is 13.8 Å². The van der Waals surface area contributed by atoms with Crippen molar-refractivity contribution in [1.82, 2.24) is 24.9 Å². The van der Waals surface area contributed by atoms with Gasteiger partial charge in [-0.3, -0.25) is 14.4 Å². The van der Waals surface area contributed by atoms with Crippen LogP contribution in [0.2, 0.25) is 0 Å². The lowest BCUT2D eigenvalue weighted by Gasteiger charge is -2.21. The van der Waals surface area contributed by atoms with E-state index in [1.807, 2.05) is 32.5 Å². The standard InChI is InChI=1S/C16H27N5O3/c1-11(8-14-12(2)18-19(4)13(14)3)17-16(23)21-9-15(22)20(10-21)6-7-24-5/h11H,6-10H2,1-5H3,(H,17,23)/t11-/m0/s1. The Labute approximate surface area is 142 Å². The third-order valence-corrected chi connectivity index (χ3v) is 4.41. The number of hydrogen-bond donors (Lipinski definition) is 1. The van der Waals surface area contributed by atoms with Gasteiger partial charge in [0.2, 0.25) is 5.91 Å². The maximum absolute atomic E-state index is 12.4. The minimum Gasteiger partial charge on any atom is -0.383 e. The molecule has 2 heterocycles. The van der Waals surface area contributed by atoms with Gasteiger partial charge in [-0.2, -0.15) is 5.10 Å². The Morgan fingerprint density at radius 3 is 2.71 bits per heavy atom. The SMILES string of the molecule is COCCN1CN(C(=O)N[C@@H](C)Cc2c(C)nn(C)c2C)CC1=O. The molecule has 1 atom stereocenters. The lowest BCUT2D eigenvalue weighted by molar-refractivity contribution is -0.127. The van der Waals surface area contributed by atoms with Crippen LogP contribution < -0.4 is 5.32 Å². The average molecular weight is 337 g/mol. The van der Waals surface area contributed by atoms with E-state index in [0.29, 0.717) is 26.2 Å². The second-order valence-electron chi connectivity index (χ2n) is 6.32. The summed E-state index contributed by atoms with van der Waals surface area (Å²) in [4.78, 5) is 27.4. The van der Waals surface area contributed by atoms with E-state index in [1.54, 1.807) is 12.0 Å². The van der Waals surface area contributed by atoms with Crippen molar-refractivity contribution in [3.8, 4) is 0 Å². The third kappa shape index (κ3) is 4.05. The molecule has 0 unspecified atom stereocenters. The Morgan fingerprint density at radius 2 is 2.12 bits per heavy atom. The van der Waals surface area contributed by atoms with Crippen molar-refractivity contribution < 1.29 is 14.3 Å². The highest BCUT2D eigenvalue weighted by Crippen LogP contribution is 2.14.